The fourth-order valence-electron chi connectivity index (χ4n) is 0. The minimum atomic E-state index is 0.329. The summed E-state index contributed by atoms with van der Waals surface area (Å²) < 4.78 is 0.519. The van der Waals surface area contributed by atoms with Gasteiger partial charge in [-0.3, -0.25) is 0 Å². The Labute approximate surface area is 50.8 Å². The van der Waals surface area contributed by atoms with Gasteiger partial charge in [-0.25, -0.2) is 0 Å². The van der Waals surface area contributed by atoms with Crippen molar-refractivity contribution in [2.24, 2.45) is 5.92 Å². The van der Waals surface area contributed by atoms with Crippen LogP contribution < -0.4 is 0 Å². The van der Waals surface area contributed by atoms with Crippen LogP contribution in [0.25, 0.3) is 0 Å². The van der Waals surface area contributed by atoms with Crippen LogP contribution in [0.15, 0.2) is 0 Å². The molecule has 36 valence electrons. The van der Waals surface area contributed by atoms with Gasteiger partial charge in [-0.2, -0.15) is 0 Å². The summed E-state index contributed by atoms with van der Waals surface area (Å²) >= 11 is 1.65. The molecule has 0 rings (SSSR count). The number of hydrogen-bond acceptors (Lipinski definition) is 1. The van der Waals surface area contributed by atoms with E-state index in [2.05, 4.69) is 0 Å². The van der Waals surface area contributed by atoms with Crippen molar-refractivity contribution >= 4 is 25.6 Å². The molecule has 0 aliphatic carbocycles. The van der Waals surface area contributed by atoms with E-state index >= 15 is 0 Å². The van der Waals surface area contributed by atoms with E-state index in [4.69, 9.17) is 5.11 Å². The van der Waals surface area contributed by atoms with Crippen LogP contribution in [-0.4, -0.2) is 30.7 Å². The second-order valence-electron chi connectivity index (χ2n) is 1.49. The van der Waals surface area contributed by atoms with Crippen LogP contribution in [0.4, 0.5) is 0 Å². The zero-order valence-corrected chi connectivity index (χ0v) is 6.26. The molecule has 0 aromatic carbocycles. The molecule has 6 heavy (non-hydrogen) atoms. The Bertz CT molecular complexity index is 58.6. The summed E-state index contributed by atoms with van der Waals surface area (Å²) in [6.45, 7) is 3.91. The molecule has 0 bridgehead atoms. The molecule has 0 radical (unpaired) electrons. The van der Waals surface area contributed by atoms with Gasteiger partial charge in [-0.15, -0.1) is 0 Å². The van der Waals surface area contributed by atoms with Crippen LogP contribution in [0.3, 0.4) is 0 Å². The summed E-state index contributed by atoms with van der Waals surface area (Å²) in [6, 6.07) is 0. The molecule has 0 aromatic rings. The molecule has 0 aliphatic rings. The predicted molar refractivity (Wildman–Crippen MR) is 27.5 cm³/mol. The van der Waals surface area contributed by atoms with Crippen molar-refractivity contribution in [1.82, 2.24) is 0 Å². The van der Waals surface area contributed by atoms with Gasteiger partial charge in [-0.1, -0.05) is 0 Å². The van der Waals surface area contributed by atoms with E-state index in [-0.39, 0.29) is 0 Å². The third kappa shape index (κ3) is 2.68. The molecule has 0 aromatic heterocycles. The predicted octanol–water partition coefficient (Wildman–Crippen LogP) is 0.313. The van der Waals surface area contributed by atoms with Crippen LogP contribution >= 0.6 is 0 Å². The van der Waals surface area contributed by atoms with Gasteiger partial charge in [-0.05, 0) is 0 Å². The van der Waals surface area contributed by atoms with E-state index in [0.29, 0.717) is 9.65 Å². The first-order valence-corrected chi connectivity index (χ1v) is 3.04. The maximum atomic E-state index is 8.55. The second kappa shape index (κ2) is 2.60. The Balaban J connectivity index is 3.26. The van der Waals surface area contributed by atoms with E-state index < -0.39 is 0 Å². The normalized spacial score (nSPS) is 9.17. The third-order valence-corrected chi connectivity index (χ3v) is 1.84. The molecular formula is C4H8OTe. The van der Waals surface area contributed by atoms with Gasteiger partial charge in [0.2, 0.25) is 0 Å². The Morgan fingerprint density at radius 2 is 1.83 bits per heavy atom. The summed E-state index contributed by atoms with van der Waals surface area (Å²) in [4.78, 5) is 0. The molecule has 2 heteroatoms. The summed E-state index contributed by atoms with van der Waals surface area (Å²) in [7, 11) is 0. The van der Waals surface area contributed by atoms with Crippen molar-refractivity contribution in [2.45, 2.75) is 13.8 Å². The first kappa shape index (κ1) is 6.46. The fraction of sp³-hybridized carbons (Fsp3) is 0.750. The molecule has 0 unspecified atom stereocenters. The molecule has 0 atom stereocenters. The van der Waals surface area contributed by atoms with Crippen LogP contribution in [0.2, 0.25) is 0 Å². The zero-order valence-electron chi connectivity index (χ0n) is 3.93. The summed E-state index contributed by atoms with van der Waals surface area (Å²) in [5.41, 5.74) is 0. The zero-order chi connectivity index (χ0) is 5.15. The average Bonchev–Trinajstić information content (AvgIpc) is 1.36. The van der Waals surface area contributed by atoms with Crippen molar-refractivity contribution < 1.29 is 5.11 Å². The van der Waals surface area contributed by atoms with Crippen LogP contribution in [-0.2, 0) is 0 Å². The second-order valence-corrected chi connectivity index (χ2v) is 2.69. The molecule has 1 N–H and O–H groups in total. The van der Waals surface area contributed by atoms with E-state index in [0.717, 1.165) is 0 Å². The van der Waals surface area contributed by atoms with Gasteiger partial charge in [0.05, 0.1) is 0 Å². The monoisotopic (exact) mass is 202 g/mol. The summed E-state index contributed by atoms with van der Waals surface area (Å²) in [5.74, 6) is 0.329. The van der Waals surface area contributed by atoms with E-state index in [1.807, 2.05) is 13.8 Å². The van der Waals surface area contributed by atoms with Crippen molar-refractivity contribution in [1.29, 1.82) is 0 Å². The number of aliphatic hydroxyl groups is 1. The van der Waals surface area contributed by atoms with Crippen molar-refractivity contribution in [3.8, 4) is 0 Å². The SMILES string of the molecule is CC(C)C(O)=[Te]. The molecular weight excluding hydrogens is 192 g/mol. The Morgan fingerprint density at radius 1 is 1.67 bits per heavy atom. The number of hydrogen-bond donors (Lipinski definition) is 1. The van der Waals surface area contributed by atoms with Gasteiger partial charge in [0.25, 0.3) is 0 Å². The Hall–Kier alpha value is 0.460. The number of rotatable bonds is 1. The van der Waals surface area contributed by atoms with Crippen LogP contribution in [0, 0.1) is 5.92 Å². The van der Waals surface area contributed by atoms with Crippen LogP contribution in [0.5, 0.6) is 0 Å². The van der Waals surface area contributed by atoms with Gasteiger partial charge >= 0.3 is 50.4 Å². The molecule has 0 spiro atoms. The van der Waals surface area contributed by atoms with Gasteiger partial charge in [0.15, 0.2) is 0 Å². The van der Waals surface area contributed by atoms with E-state index in [1.165, 1.54) is 0 Å². The quantitative estimate of drug-likeness (QED) is 0.603. The Morgan fingerprint density at radius 3 is 1.83 bits per heavy atom. The van der Waals surface area contributed by atoms with Gasteiger partial charge in [0.1, 0.15) is 0 Å². The topological polar surface area (TPSA) is 20.2 Å². The van der Waals surface area contributed by atoms with E-state index in [9.17, 15) is 0 Å². The van der Waals surface area contributed by atoms with Gasteiger partial charge < -0.3 is 0 Å². The standard InChI is InChI=1S/C4H8OTe/c1-3(2)4(5)6/h3H,1-2H3,(H,5,6). The maximum absolute atomic E-state index is 8.55. The molecule has 0 heterocycles. The van der Waals surface area contributed by atoms with Crippen LogP contribution in [0.1, 0.15) is 13.8 Å². The fourth-order valence-corrected chi connectivity index (χ4v) is 0. The average molecular weight is 200 g/mol. The summed E-state index contributed by atoms with van der Waals surface area (Å²) in [5, 5.41) is 8.55. The Kier molecular flexibility index (Phi) is 2.80. The van der Waals surface area contributed by atoms with Crippen molar-refractivity contribution in [3.05, 3.63) is 0 Å². The summed E-state index contributed by atoms with van der Waals surface area (Å²) in [6.07, 6.45) is 0. The van der Waals surface area contributed by atoms with E-state index in [1.54, 1.807) is 21.8 Å². The first-order chi connectivity index (χ1) is 2.64. The molecule has 0 aliphatic heterocycles. The number of aliphatic hydroxyl groups excluding tert-OH is 1. The molecule has 0 amide bonds. The first-order valence-electron chi connectivity index (χ1n) is 1.87. The van der Waals surface area contributed by atoms with Gasteiger partial charge in [0, 0.05) is 0 Å². The molecule has 0 saturated heterocycles. The third-order valence-electron chi connectivity index (χ3n) is 0.494. The molecule has 0 saturated carbocycles. The molecule has 0 fully saturated rings. The molecule has 1 nitrogen and oxygen atoms in total. The minimum absolute atomic E-state index is 0.329. The van der Waals surface area contributed by atoms with Crippen molar-refractivity contribution in [3.63, 3.8) is 0 Å². The van der Waals surface area contributed by atoms with Crippen molar-refractivity contribution in [2.75, 3.05) is 0 Å².